The first-order valence-corrected chi connectivity index (χ1v) is 10.3. The van der Waals surface area contributed by atoms with Gasteiger partial charge in [-0.1, -0.05) is 17.7 Å². The van der Waals surface area contributed by atoms with Crippen molar-refractivity contribution in [2.45, 2.75) is 25.4 Å². The number of fused-ring (bicyclic) bond motifs is 4. The molecule has 1 N–H and O–H groups in total. The number of halogens is 1. The quantitative estimate of drug-likeness (QED) is 0.714. The van der Waals surface area contributed by atoms with Crippen LogP contribution in [0.2, 0.25) is 5.02 Å². The Morgan fingerprint density at radius 2 is 2.14 bits per heavy atom. The van der Waals surface area contributed by atoms with Crippen LogP contribution in [0.5, 0.6) is 5.75 Å². The molecule has 6 nitrogen and oxygen atoms in total. The molecule has 2 atom stereocenters. The number of methoxy groups -OCH3 is 1. The highest BCUT2D eigenvalue weighted by Crippen LogP contribution is 2.37. The van der Waals surface area contributed by atoms with Crippen LogP contribution in [-0.4, -0.2) is 39.6 Å². The van der Waals surface area contributed by atoms with E-state index in [1.807, 2.05) is 28.8 Å². The molecule has 0 spiro atoms. The largest absolute Gasteiger partial charge is 0.496 e. The van der Waals surface area contributed by atoms with Gasteiger partial charge in [-0.2, -0.15) is 0 Å². The van der Waals surface area contributed by atoms with Crippen LogP contribution in [-0.2, 0) is 13.1 Å². The summed E-state index contributed by atoms with van der Waals surface area (Å²) >= 11 is 6.10. The Morgan fingerprint density at radius 1 is 1.24 bits per heavy atom. The second kappa shape index (κ2) is 7.35. The first-order chi connectivity index (χ1) is 14.1. The lowest BCUT2D eigenvalue weighted by Crippen LogP contribution is -2.47. The molecule has 1 aromatic carbocycles. The Balaban J connectivity index is 1.42. The zero-order valence-electron chi connectivity index (χ0n) is 16.3. The van der Waals surface area contributed by atoms with Gasteiger partial charge < -0.3 is 14.3 Å². The van der Waals surface area contributed by atoms with Crippen LogP contribution in [0.15, 0.2) is 47.5 Å². The maximum atomic E-state index is 13.1. The first kappa shape index (κ1) is 18.5. The van der Waals surface area contributed by atoms with E-state index in [0.717, 1.165) is 49.6 Å². The van der Waals surface area contributed by atoms with Crippen LogP contribution in [0, 0.1) is 5.92 Å². The van der Waals surface area contributed by atoms with Crippen molar-refractivity contribution >= 4 is 11.6 Å². The fourth-order valence-electron chi connectivity index (χ4n) is 4.86. The lowest BCUT2D eigenvalue weighted by atomic mass is 9.82. The number of hydrogen-bond donors (Lipinski definition) is 1. The molecule has 2 aliphatic heterocycles. The molecule has 0 unspecified atom stereocenters. The molecule has 1 saturated heterocycles. The van der Waals surface area contributed by atoms with Gasteiger partial charge >= 0.3 is 0 Å². The monoisotopic (exact) mass is 410 g/mol. The summed E-state index contributed by atoms with van der Waals surface area (Å²) in [7, 11) is 1.68. The molecule has 0 amide bonds. The number of piperidine rings is 1. The molecule has 1 fully saturated rings. The van der Waals surface area contributed by atoms with Gasteiger partial charge in [0.1, 0.15) is 11.6 Å². The van der Waals surface area contributed by atoms with Gasteiger partial charge in [0.2, 0.25) is 0 Å². The van der Waals surface area contributed by atoms with Gasteiger partial charge in [-0.05, 0) is 36.6 Å². The SMILES string of the molecule is COc1cc(Cl)ccc1CN1C[C@@H]2C[C@H](C1)c1ccc(-c3ncc[nH]3)c(=O)n1C2. The fourth-order valence-corrected chi connectivity index (χ4v) is 5.02. The Labute approximate surface area is 174 Å². The van der Waals surface area contributed by atoms with Crippen LogP contribution in [0.3, 0.4) is 0 Å². The Bertz CT molecular complexity index is 1090. The van der Waals surface area contributed by atoms with Crippen molar-refractivity contribution in [3.05, 3.63) is 69.4 Å². The molecule has 29 heavy (non-hydrogen) atoms. The average molecular weight is 411 g/mol. The van der Waals surface area contributed by atoms with Crippen molar-refractivity contribution in [1.82, 2.24) is 19.4 Å². The van der Waals surface area contributed by atoms with Crippen LogP contribution >= 0.6 is 11.6 Å². The van der Waals surface area contributed by atoms with E-state index in [1.165, 1.54) is 0 Å². The summed E-state index contributed by atoms with van der Waals surface area (Å²) in [5, 5.41) is 0.682. The predicted molar refractivity (Wildman–Crippen MR) is 112 cm³/mol. The summed E-state index contributed by atoms with van der Waals surface area (Å²) in [5.41, 5.74) is 2.97. The molecule has 2 aliphatic rings. The number of aromatic nitrogens is 3. The number of nitrogens with zero attached hydrogens (tertiary/aromatic N) is 3. The van der Waals surface area contributed by atoms with Gasteiger partial charge in [-0.3, -0.25) is 9.69 Å². The number of aromatic amines is 1. The van der Waals surface area contributed by atoms with Gasteiger partial charge in [0.05, 0.1) is 12.7 Å². The van der Waals surface area contributed by atoms with Gasteiger partial charge in [0.25, 0.3) is 5.56 Å². The first-order valence-electron chi connectivity index (χ1n) is 9.90. The molecule has 0 aliphatic carbocycles. The summed E-state index contributed by atoms with van der Waals surface area (Å²) in [6.07, 6.45) is 4.56. The third kappa shape index (κ3) is 3.36. The zero-order chi connectivity index (χ0) is 20.0. The third-order valence-corrected chi connectivity index (χ3v) is 6.31. The standard InChI is InChI=1S/C22H23ClN4O2/c1-29-20-9-17(23)3-2-15(20)12-26-10-14-8-16(13-26)19-5-4-18(21-24-6-7-25-21)22(28)27(19)11-14/h2-7,9,14,16H,8,10-13H2,1H3,(H,24,25)/t14-,16+/m0/s1. The fraction of sp³-hybridized carbons (Fsp3) is 0.364. The van der Waals surface area contributed by atoms with Gasteiger partial charge in [-0.15, -0.1) is 0 Å². The maximum absolute atomic E-state index is 13.1. The van der Waals surface area contributed by atoms with Crippen molar-refractivity contribution in [3.8, 4) is 17.1 Å². The number of pyridine rings is 1. The van der Waals surface area contributed by atoms with E-state index in [0.29, 0.717) is 28.2 Å². The Hall–Kier alpha value is -2.57. The number of ether oxygens (including phenoxy) is 1. The number of nitrogens with one attached hydrogen (secondary N) is 1. The number of likely N-dealkylation sites (tertiary alicyclic amines) is 1. The maximum Gasteiger partial charge on any atom is 0.261 e. The zero-order valence-corrected chi connectivity index (χ0v) is 17.0. The molecule has 4 heterocycles. The van der Waals surface area contributed by atoms with E-state index in [2.05, 4.69) is 20.9 Å². The number of H-pyrrole nitrogens is 1. The average Bonchev–Trinajstić information content (AvgIpc) is 3.24. The summed E-state index contributed by atoms with van der Waals surface area (Å²) < 4.78 is 7.49. The molecule has 0 radical (unpaired) electrons. The van der Waals surface area contributed by atoms with Crippen LogP contribution in [0.4, 0.5) is 0 Å². The number of imidazole rings is 1. The molecule has 7 heteroatoms. The second-order valence-electron chi connectivity index (χ2n) is 7.97. The second-order valence-corrected chi connectivity index (χ2v) is 8.41. The van der Waals surface area contributed by atoms with Gasteiger partial charge in [0, 0.05) is 60.8 Å². The number of benzene rings is 1. The lowest BCUT2D eigenvalue weighted by Gasteiger charge is -2.43. The topological polar surface area (TPSA) is 63.1 Å². The summed E-state index contributed by atoms with van der Waals surface area (Å²) in [6, 6.07) is 9.84. The molecule has 5 rings (SSSR count). The van der Waals surface area contributed by atoms with E-state index < -0.39 is 0 Å². The number of rotatable bonds is 4. The predicted octanol–water partition coefficient (Wildman–Crippen LogP) is 3.52. The van der Waals surface area contributed by atoms with Crippen LogP contribution in [0.1, 0.15) is 23.6 Å². The molecule has 2 bridgehead atoms. The summed E-state index contributed by atoms with van der Waals surface area (Å²) in [4.78, 5) is 22.9. The van der Waals surface area contributed by atoms with Crippen LogP contribution in [0.25, 0.3) is 11.4 Å². The number of hydrogen-bond acceptors (Lipinski definition) is 4. The minimum absolute atomic E-state index is 0.0555. The molecule has 2 aromatic heterocycles. The van der Waals surface area contributed by atoms with E-state index in [-0.39, 0.29) is 5.56 Å². The molecule has 150 valence electrons. The summed E-state index contributed by atoms with van der Waals surface area (Å²) in [5.74, 6) is 2.29. The normalized spacial score (nSPS) is 21.0. The minimum atomic E-state index is 0.0555. The van der Waals surface area contributed by atoms with Crippen molar-refractivity contribution in [3.63, 3.8) is 0 Å². The molecular weight excluding hydrogens is 388 g/mol. The van der Waals surface area contributed by atoms with Crippen molar-refractivity contribution in [2.75, 3.05) is 20.2 Å². The third-order valence-electron chi connectivity index (χ3n) is 6.08. The summed E-state index contributed by atoms with van der Waals surface area (Å²) in [6.45, 7) is 3.48. The van der Waals surface area contributed by atoms with Crippen molar-refractivity contribution in [1.29, 1.82) is 0 Å². The highest BCUT2D eigenvalue weighted by molar-refractivity contribution is 6.30. The highest BCUT2D eigenvalue weighted by Gasteiger charge is 2.35. The van der Waals surface area contributed by atoms with E-state index in [4.69, 9.17) is 16.3 Å². The molecular formula is C22H23ClN4O2. The molecule has 0 saturated carbocycles. The van der Waals surface area contributed by atoms with Crippen molar-refractivity contribution in [2.24, 2.45) is 5.92 Å². The lowest BCUT2D eigenvalue weighted by molar-refractivity contribution is 0.113. The Kier molecular flexibility index (Phi) is 4.68. The van der Waals surface area contributed by atoms with Crippen molar-refractivity contribution < 1.29 is 4.74 Å². The van der Waals surface area contributed by atoms with Crippen LogP contribution < -0.4 is 10.3 Å². The van der Waals surface area contributed by atoms with Gasteiger partial charge in [0.15, 0.2) is 0 Å². The highest BCUT2D eigenvalue weighted by atomic mass is 35.5. The smallest absolute Gasteiger partial charge is 0.261 e. The Morgan fingerprint density at radius 3 is 2.93 bits per heavy atom. The van der Waals surface area contributed by atoms with Gasteiger partial charge in [-0.25, -0.2) is 4.98 Å². The van der Waals surface area contributed by atoms with E-state index in [9.17, 15) is 4.79 Å². The van der Waals surface area contributed by atoms with E-state index in [1.54, 1.807) is 19.5 Å². The molecule has 3 aromatic rings. The minimum Gasteiger partial charge on any atom is -0.496 e. The van der Waals surface area contributed by atoms with E-state index >= 15 is 0 Å².